The number of halogens is 2. The molecule has 3 aromatic rings. The van der Waals surface area contributed by atoms with Crippen LogP contribution in [0.1, 0.15) is 23.1 Å². The fraction of sp³-hybridized carbons (Fsp3) is 0.364. The van der Waals surface area contributed by atoms with Crippen LogP contribution in [0.5, 0.6) is 0 Å². The normalized spacial score (nSPS) is 11.0. The predicted octanol–water partition coefficient (Wildman–Crippen LogP) is 5.00. The molecule has 0 aliphatic carbocycles. The van der Waals surface area contributed by atoms with Crippen LogP contribution in [0, 0.1) is 19.7 Å². The van der Waals surface area contributed by atoms with Crippen LogP contribution in [0.4, 0.5) is 9.52 Å². The second-order valence-corrected chi connectivity index (χ2v) is 8.43. The smallest absolute Gasteiger partial charge is 0.233 e. The second-order valence-electron chi connectivity index (χ2n) is 7.42. The number of aromatic nitrogens is 1. The van der Waals surface area contributed by atoms with Gasteiger partial charge in [-0.25, -0.2) is 9.37 Å². The van der Waals surface area contributed by atoms with Crippen molar-refractivity contribution in [1.29, 1.82) is 0 Å². The van der Waals surface area contributed by atoms with Gasteiger partial charge in [-0.05, 0) is 70.2 Å². The van der Waals surface area contributed by atoms with Crippen LogP contribution in [0.3, 0.4) is 0 Å². The third-order valence-electron chi connectivity index (χ3n) is 4.70. The number of amides is 1. The minimum Gasteiger partial charge on any atom is -0.309 e. The Bertz CT molecular complexity index is 989. The van der Waals surface area contributed by atoms with Crippen molar-refractivity contribution in [3.63, 3.8) is 0 Å². The molecule has 7 heteroatoms. The summed E-state index contributed by atoms with van der Waals surface area (Å²) in [6.45, 7) is 5.55. The van der Waals surface area contributed by atoms with E-state index in [-0.39, 0.29) is 24.1 Å². The van der Waals surface area contributed by atoms with Gasteiger partial charge in [0.15, 0.2) is 5.13 Å². The van der Waals surface area contributed by atoms with E-state index in [0.29, 0.717) is 18.1 Å². The number of fused-ring (bicyclic) bond motifs is 1. The number of carbonyl (C=O) groups is 1. The maximum Gasteiger partial charge on any atom is 0.233 e. The number of thiazole rings is 1. The highest BCUT2D eigenvalue weighted by Gasteiger charge is 2.20. The molecule has 0 aliphatic heterocycles. The molecule has 1 amide bonds. The number of carbonyl (C=O) groups excluding carboxylic acids is 1. The van der Waals surface area contributed by atoms with E-state index in [1.54, 1.807) is 11.0 Å². The van der Waals surface area contributed by atoms with Crippen LogP contribution >= 0.6 is 23.7 Å². The molecule has 4 nitrogen and oxygen atoms in total. The van der Waals surface area contributed by atoms with Crippen molar-refractivity contribution >= 4 is 45.0 Å². The lowest BCUT2D eigenvalue weighted by Gasteiger charge is -2.21. The summed E-state index contributed by atoms with van der Waals surface area (Å²) in [5, 5.41) is 0.633. The lowest BCUT2D eigenvalue weighted by atomic mass is 10.0. The highest BCUT2D eigenvalue weighted by atomic mass is 35.5. The average molecular weight is 436 g/mol. The number of rotatable bonds is 7. The molecular formula is C22H27ClFN3OS. The molecule has 0 fully saturated rings. The van der Waals surface area contributed by atoms with Crippen LogP contribution in [0.15, 0.2) is 36.4 Å². The first-order valence-corrected chi connectivity index (χ1v) is 10.2. The minimum absolute atomic E-state index is 0. The highest BCUT2D eigenvalue weighted by molar-refractivity contribution is 7.22. The van der Waals surface area contributed by atoms with E-state index in [9.17, 15) is 9.18 Å². The number of benzene rings is 2. The zero-order chi connectivity index (χ0) is 20.3. The average Bonchev–Trinajstić information content (AvgIpc) is 3.03. The summed E-state index contributed by atoms with van der Waals surface area (Å²) in [5.41, 5.74) is 4.05. The number of aryl methyl sites for hydroxylation is 2. The molecular weight excluding hydrogens is 409 g/mol. The first-order valence-electron chi connectivity index (χ1n) is 9.41. The Hall–Kier alpha value is -2.02. The number of hydrogen-bond donors (Lipinski definition) is 0. The van der Waals surface area contributed by atoms with Crippen LogP contribution in [-0.4, -0.2) is 43.0 Å². The highest BCUT2D eigenvalue weighted by Crippen LogP contribution is 2.30. The third kappa shape index (κ3) is 5.98. The molecule has 29 heavy (non-hydrogen) atoms. The maximum absolute atomic E-state index is 13.6. The van der Waals surface area contributed by atoms with Crippen molar-refractivity contribution in [3.05, 3.63) is 58.9 Å². The summed E-state index contributed by atoms with van der Waals surface area (Å²) in [5.74, 6) is -0.270. The molecule has 0 bridgehead atoms. The number of hydrogen-bond acceptors (Lipinski definition) is 4. The van der Waals surface area contributed by atoms with E-state index in [1.807, 2.05) is 40.1 Å². The fourth-order valence-corrected chi connectivity index (χ4v) is 4.21. The summed E-state index contributed by atoms with van der Waals surface area (Å²) < 4.78 is 14.3. The fourth-order valence-electron chi connectivity index (χ4n) is 3.18. The van der Waals surface area contributed by atoms with Gasteiger partial charge < -0.3 is 4.90 Å². The topological polar surface area (TPSA) is 36.4 Å². The van der Waals surface area contributed by atoms with Gasteiger partial charge in [0.05, 0.1) is 16.6 Å². The Morgan fingerprint density at radius 1 is 1.10 bits per heavy atom. The molecule has 0 aliphatic rings. The van der Waals surface area contributed by atoms with Crippen LogP contribution in [-0.2, 0) is 11.2 Å². The largest absolute Gasteiger partial charge is 0.309 e. The monoisotopic (exact) mass is 435 g/mol. The quantitative estimate of drug-likeness (QED) is 0.524. The third-order valence-corrected chi connectivity index (χ3v) is 5.74. The minimum atomic E-state index is -0.288. The molecule has 0 saturated carbocycles. The van der Waals surface area contributed by atoms with Crippen molar-refractivity contribution < 1.29 is 9.18 Å². The Morgan fingerprint density at radius 3 is 2.55 bits per heavy atom. The first-order chi connectivity index (χ1) is 13.3. The Kier molecular flexibility index (Phi) is 8.14. The molecule has 0 saturated heterocycles. The van der Waals surface area contributed by atoms with Crippen LogP contribution < -0.4 is 4.90 Å². The lowest BCUT2D eigenvalue weighted by molar-refractivity contribution is -0.118. The predicted molar refractivity (Wildman–Crippen MR) is 122 cm³/mol. The van der Waals surface area contributed by atoms with Crippen LogP contribution in [0.2, 0.25) is 0 Å². The van der Waals surface area contributed by atoms with E-state index in [4.69, 9.17) is 0 Å². The number of anilines is 1. The van der Waals surface area contributed by atoms with E-state index in [2.05, 4.69) is 16.0 Å². The molecule has 2 aromatic carbocycles. The van der Waals surface area contributed by atoms with Crippen molar-refractivity contribution in [3.8, 4) is 0 Å². The summed E-state index contributed by atoms with van der Waals surface area (Å²) in [6, 6.07) is 10.7. The van der Waals surface area contributed by atoms with Crippen molar-refractivity contribution in [2.75, 3.05) is 32.1 Å². The van der Waals surface area contributed by atoms with Gasteiger partial charge in [0.2, 0.25) is 5.91 Å². The molecule has 1 heterocycles. The molecule has 0 radical (unpaired) electrons. The van der Waals surface area contributed by atoms with E-state index < -0.39 is 0 Å². The van der Waals surface area contributed by atoms with E-state index >= 15 is 0 Å². The van der Waals surface area contributed by atoms with Gasteiger partial charge in [-0.1, -0.05) is 35.1 Å². The second kappa shape index (κ2) is 10.1. The zero-order valence-corrected chi connectivity index (χ0v) is 18.9. The van der Waals surface area contributed by atoms with Gasteiger partial charge >= 0.3 is 0 Å². The van der Waals surface area contributed by atoms with Gasteiger partial charge in [0.25, 0.3) is 0 Å². The Morgan fingerprint density at radius 2 is 1.86 bits per heavy atom. The van der Waals surface area contributed by atoms with Gasteiger partial charge in [0, 0.05) is 6.54 Å². The zero-order valence-electron chi connectivity index (χ0n) is 17.2. The van der Waals surface area contributed by atoms with Crippen molar-refractivity contribution in [2.24, 2.45) is 0 Å². The van der Waals surface area contributed by atoms with Crippen molar-refractivity contribution in [2.45, 2.75) is 26.7 Å². The SMILES string of the molecule is Cc1ccc(CC(=O)N(CCCN(C)C)c2nc3ccc(F)cc3s2)c(C)c1.Cl. The van der Waals surface area contributed by atoms with Gasteiger partial charge in [-0.3, -0.25) is 9.69 Å². The summed E-state index contributed by atoms with van der Waals surface area (Å²) in [7, 11) is 4.03. The molecule has 156 valence electrons. The summed E-state index contributed by atoms with van der Waals surface area (Å²) in [6.07, 6.45) is 1.17. The molecule has 0 N–H and O–H groups in total. The molecule has 0 spiro atoms. The Labute approximate surface area is 181 Å². The molecule has 1 aromatic heterocycles. The summed E-state index contributed by atoms with van der Waals surface area (Å²) >= 11 is 1.36. The van der Waals surface area contributed by atoms with E-state index in [1.165, 1.54) is 29.0 Å². The van der Waals surface area contributed by atoms with Gasteiger partial charge in [-0.2, -0.15) is 0 Å². The van der Waals surface area contributed by atoms with E-state index in [0.717, 1.165) is 34.3 Å². The maximum atomic E-state index is 13.6. The van der Waals surface area contributed by atoms with Gasteiger partial charge in [0.1, 0.15) is 5.82 Å². The first kappa shape index (κ1) is 23.3. The number of nitrogens with zero attached hydrogens (tertiary/aromatic N) is 3. The van der Waals surface area contributed by atoms with Gasteiger partial charge in [-0.15, -0.1) is 12.4 Å². The Balaban J connectivity index is 0.00000300. The van der Waals surface area contributed by atoms with Crippen molar-refractivity contribution in [1.82, 2.24) is 9.88 Å². The lowest BCUT2D eigenvalue weighted by Crippen LogP contribution is -2.34. The van der Waals surface area contributed by atoms with Crippen LogP contribution in [0.25, 0.3) is 10.2 Å². The molecule has 0 unspecified atom stereocenters. The standard InChI is InChI=1S/C22H26FN3OS.ClH/c1-15-6-7-17(16(2)12-15)13-21(27)26(11-5-10-25(3)4)22-24-19-9-8-18(23)14-20(19)28-22;/h6-9,12,14H,5,10-11,13H2,1-4H3;1H. The summed E-state index contributed by atoms with van der Waals surface area (Å²) in [4.78, 5) is 21.6. The molecule has 3 rings (SSSR count). The molecule has 0 atom stereocenters.